The highest BCUT2D eigenvalue weighted by Crippen LogP contribution is 2.29. The van der Waals surface area contributed by atoms with Crippen molar-refractivity contribution in [2.24, 2.45) is 0 Å². The van der Waals surface area contributed by atoms with Crippen LogP contribution in [0.15, 0.2) is 64.2 Å². The standard InChI is InChI=1S/C22H22N4OS/c1-4-26-20(18-12-8-9-15(2)13-18)24-25-22(26)28-14-19-16(3)27-21(23-19)17-10-6-5-7-11-17/h5-13H,4,14H2,1-3H3. The molecular formula is C22H22N4OS. The summed E-state index contributed by atoms with van der Waals surface area (Å²) in [6.45, 7) is 6.97. The number of aromatic nitrogens is 4. The van der Waals surface area contributed by atoms with Crippen molar-refractivity contribution in [2.45, 2.75) is 38.2 Å². The molecule has 0 N–H and O–H groups in total. The van der Waals surface area contributed by atoms with E-state index in [1.807, 2.05) is 37.3 Å². The van der Waals surface area contributed by atoms with Gasteiger partial charge in [-0.15, -0.1) is 10.2 Å². The highest BCUT2D eigenvalue weighted by atomic mass is 32.2. The quantitative estimate of drug-likeness (QED) is 0.405. The molecule has 0 saturated carbocycles. The molecule has 0 bridgehead atoms. The third-order valence-corrected chi connectivity index (χ3v) is 5.54. The van der Waals surface area contributed by atoms with Crippen LogP contribution in [0.2, 0.25) is 0 Å². The van der Waals surface area contributed by atoms with Crippen LogP contribution >= 0.6 is 11.8 Å². The largest absolute Gasteiger partial charge is 0.441 e. The predicted molar refractivity (Wildman–Crippen MR) is 112 cm³/mol. The summed E-state index contributed by atoms with van der Waals surface area (Å²) >= 11 is 1.63. The monoisotopic (exact) mass is 390 g/mol. The van der Waals surface area contributed by atoms with Crippen LogP contribution in [0.1, 0.15) is 23.9 Å². The van der Waals surface area contributed by atoms with Gasteiger partial charge in [-0.05, 0) is 39.0 Å². The molecule has 5 nitrogen and oxygen atoms in total. The van der Waals surface area contributed by atoms with Crippen molar-refractivity contribution >= 4 is 11.8 Å². The fourth-order valence-electron chi connectivity index (χ4n) is 3.08. The van der Waals surface area contributed by atoms with Crippen LogP contribution in [0, 0.1) is 13.8 Å². The van der Waals surface area contributed by atoms with Crippen molar-refractivity contribution in [3.8, 4) is 22.8 Å². The molecule has 4 rings (SSSR count). The van der Waals surface area contributed by atoms with E-state index in [2.05, 4.69) is 57.9 Å². The maximum atomic E-state index is 5.87. The zero-order valence-electron chi connectivity index (χ0n) is 16.2. The molecule has 0 unspecified atom stereocenters. The minimum Gasteiger partial charge on any atom is -0.441 e. The van der Waals surface area contributed by atoms with Gasteiger partial charge in [0.05, 0.1) is 5.69 Å². The van der Waals surface area contributed by atoms with E-state index in [4.69, 9.17) is 4.42 Å². The topological polar surface area (TPSA) is 56.7 Å². The van der Waals surface area contributed by atoms with Gasteiger partial charge in [-0.2, -0.15) is 0 Å². The Balaban J connectivity index is 1.55. The molecule has 2 aromatic heterocycles. The summed E-state index contributed by atoms with van der Waals surface area (Å²) < 4.78 is 8.01. The Hall–Kier alpha value is -2.86. The summed E-state index contributed by atoms with van der Waals surface area (Å²) in [5.41, 5.74) is 4.22. The van der Waals surface area contributed by atoms with Crippen LogP contribution in [0.5, 0.6) is 0 Å². The molecule has 2 aromatic carbocycles. The molecule has 0 amide bonds. The first-order valence-corrected chi connectivity index (χ1v) is 10.3. The van der Waals surface area contributed by atoms with E-state index >= 15 is 0 Å². The molecule has 0 radical (unpaired) electrons. The molecule has 0 spiro atoms. The summed E-state index contributed by atoms with van der Waals surface area (Å²) in [6, 6.07) is 18.3. The number of oxazole rings is 1. The highest BCUT2D eigenvalue weighted by molar-refractivity contribution is 7.98. The Morgan fingerprint density at radius 3 is 2.50 bits per heavy atom. The lowest BCUT2D eigenvalue weighted by atomic mass is 10.1. The van der Waals surface area contributed by atoms with E-state index in [1.54, 1.807) is 11.8 Å². The van der Waals surface area contributed by atoms with Crippen molar-refractivity contribution in [3.63, 3.8) is 0 Å². The van der Waals surface area contributed by atoms with E-state index in [0.29, 0.717) is 11.6 Å². The molecule has 0 saturated heterocycles. The molecule has 2 heterocycles. The van der Waals surface area contributed by atoms with E-state index in [1.165, 1.54) is 5.56 Å². The zero-order valence-corrected chi connectivity index (χ0v) is 17.0. The third kappa shape index (κ3) is 3.73. The van der Waals surface area contributed by atoms with Gasteiger partial charge in [-0.25, -0.2) is 4.98 Å². The molecule has 28 heavy (non-hydrogen) atoms. The lowest BCUT2D eigenvalue weighted by Gasteiger charge is -2.07. The molecule has 6 heteroatoms. The predicted octanol–water partition coefficient (Wildman–Crippen LogP) is 5.53. The van der Waals surface area contributed by atoms with Crippen molar-refractivity contribution in [3.05, 3.63) is 71.6 Å². The van der Waals surface area contributed by atoms with Crippen molar-refractivity contribution in [2.75, 3.05) is 0 Å². The summed E-state index contributed by atoms with van der Waals surface area (Å²) in [7, 11) is 0. The van der Waals surface area contributed by atoms with Crippen LogP contribution < -0.4 is 0 Å². The van der Waals surface area contributed by atoms with Gasteiger partial charge in [0.15, 0.2) is 11.0 Å². The number of hydrogen-bond donors (Lipinski definition) is 0. The SMILES string of the molecule is CCn1c(SCc2nc(-c3ccccc3)oc2C)nnc1-c1cccc(C)c1. The molecule has 0 aliphatic carbocycles. The van der Waals surface area contributed by atoms with Crippen LogP contribution in [0.4, 0.5) is 0 Å². The smallest absolute Gasteiger partial charge is 0.226 e. The first-order valence-electron chi connectivity index (χ1n) is 9.30. The van der Waals surface area contributed by atoms with Crippen molar-refractivity contribution in [1.29, 1.82) is 0 Å². The molecule has 0 fully saturated rings. The summed E-state index contributed by atoms with van der Waals surface area (Å²) in [4.78, 5) is 4.68. The lowest BCUT2D eigenvalue weighted by Crippen LogP contribution is -2.00. The number of nitrogens with zero attached hydrogens (tertiary/aromatic N) is 4. The fourth-order valence-corrected chi connectivity index (χ4v) is 4.08. The third-order valence-electron chi connectivity index (χ3n) is 4.56. The Morgan fingerprint density at radius 1 is 0.964 bits per heavy atom. The summed E-state index contributed by atoms with van der Waals surface area (Å²) in [5.74, 6) is 3.09. The Morgan fingerprint density at radius 2 is 1.75 bits per heavy atom. The van der Waals surface area contributed by atoms with Gasteiger partial charge in [0, 0.05) is 23.4 Å². The first-order chi connectivity index (χ1) is 13.7. The van der Waals surface area contributed by atoms with Crippen LogP contribution in [-0.4, -0.2) is 19.7 Å². The second kappa shape index (κ2) is 8.02. The van der Waals surface area contributed by atoms with Gasteiger partial charge in [0.25, 0.3) is 0 Å². The Kier molecular flexibility index (Phi) is 5.30. The number of rotatable bonds is 6. The average Bonchev–Trinajstić information content (AvgIpc) is 3.30. The Bertz CT molecular complexity index is 1090. The van der Waals surface area contributed by atoms with Crippen LogP contribution in [-0.2, 0) is 12.3 Å². The molecular weight excluding hydrogens is 368 g/mol. The second-order valence-electron chi connectivity index (χ2n) is 6.60. The minimum atomic E-state index is 0.658. The van der Waals surface area contributed by atoms with E-state index in [-0.39, 0.29) is 0 Å². The minimum absolute atomic E-state index is 0.658. The van der Waals surface area contributed by atoms with Crippen LogP contribution in [0.3, 0.4) is 0 Å². The number of thioether (sulfide) groups is 1. The first kappa shape index (κ1) is 18.5. The maximum Gasteiger partial charge on any atom is 0.226 e. The molecule has 4 aromatic rings. The number of hydrogen-bond acceptors (Lipinski definition) is 5. The van der Waals surface area contributed by atoms with E-state index < -0.39 is 0 Å². The second-order valence-corrected chi connectivity index (χ2v) is 7.54. The number of benzene rings is 2. The van der Waals surface area contributed by atoms with Gasteiger partial charge in [0.2, 0.25) is 5.89 Å². The van der Waals surface area contributed by atoms with Gasteiger partial charge in [-0.3, -0.25) is 0 Å². The van der Waals surface area contributed by atoms with Crippen molar-refractivity contribution in [1.82, 2.24) is 19.7 Å². The van der Waals surface area contributed by atoms with Gasteiger partial charge < -0.3 is 8.98 Å². The molecule has 142 valence electrons. The molecule has 0 aliphatic heterocycles. The fraction of sp³-hybridized carbons (Fsp3) is 0.227. The normalized spacial score (nSPS) is 11.1. The highest BCUT2D eigenvalue weighted by Gasteiger charge is 2.16. The van der Waals surface area contributed by atoms with Gasteiger partial charge in [0.1, 0.15) is 5.76 Å². The van der Waals surface area contributed by atoms with Crippen molar-refractivity contribution < 1.29 is 4.42 Å². The summed E-state index contributed by atoms with van der Waals surface area (Å²) in [5, 5.41) is 9.75. The van der Waals surface area contributed by atoms with E-state index in [0.717, 1.165) is 40.1 Å². The molecule has 0 atom stereocenters. The average molecular weight is 391 g/mol. The van der Waals surface area contributed by atoms with Gasteiger partial charge >= 0.3 is 0 Å². The van der Waals surface area contributed by atoms with Gasteiger partial charge in [-0.1, -0.05) is 53.7 Å². The Labute approximate surface area is 168 Å². The van der Waals surface area contributed by atoms with E-state index in [9.17, 15) is 0 Å². The molecule has 0 aliphatic rings. The lowest BCUT2D eigenvalue weighted by molar-refractivity contribution is 0.540. The zero-order chi connectivity index (χ0) is 19.5. The maximum absolute atomic E-state index is 5.87. The van der Waals surface area contributed by atoms with Crippen LogP contribution in [0.25, 0.3) is 22.8 Å². The summed E-state index contributed by atoms with van der Waals surface area (Å²) in [6.07, 6.45) is 0. The number of aryl methyl sites for hydroxylation is 2.